The fourth-order valence-corrected chi connectivity index (χ4v) is 1.28. The lowest BCUT2D eigenvalue weighted by Crippen LogP contribution is -2.04. The Morgan fingerprint density at radius 3 is 2.62 bits per heavy atom. The number of rotatable bonds is 4. The van der Waals surface area contributed by atoms with Gasteiger partial charge in [0, 0.05) is 22.5 Å². The van der Waals surface area contributed by atoms with Gasteiger partial charge in [0.1, 0.15) is 0 Å². The van der Waals surface area contributed by atoms with Crippen LogP contribution >= 0.6 is 11.6 Å². The van der Waals surface area contributed by atoms with Gasteiger partial charge in [-0.1, -0.05) is 11.6 Å². The predicted molar refractivity (Wildman–Crippen MR) is 65.5 cm³/mol. The van der Waals surface area contributed by atoms with Crippen LogP contribution in [0.3, 0.4) is 0 Å². The molecule has 0 saturated carbocycles. The zero-order chi connectivity index (χ0) is 12.0. The lowest BCUT2D eigenvalue weighted by atomic mass is 10.3. The van der Waals surface area contributed by atoms with Gasteiger partial charge in [0.05, 0.1) is 6.61 Å². The van der Waals surface area contributed by atoms with Crippen molar-refractivity contribution in [3.8, 4) is 0 Å². The molecule has 0 bridgehead atoms. The predicted octanol–water partition coefficient (Wildman–Crippen LogP) is 3.22. The minimum absolute atomic E-state index is 0.346. The fourth-order valence-electron chi connectivity index (χ4n) is 1.16. The SMILES string of the molecule is CCOC(=O)C=C(C)Nc1ccc(Cl)cc1. The maximum atomic E-state index is 11.1. The van der Waals surface area contributed by atoms with E-state index in [1.165, 1.54) is 6.08 Å². The van der Waals surface area contributed by atoms with Gasteiger partial charge in [0.15, 0.2) is 0 Å². The van der Waals surface area contributed by atoms with Crippen LogP contribution in [-0.2, 0) is 9.53 Å². The minimum Gasteiger partial charge on any atom is -0.463 e. The zero-order valence-corrected chi connectivity index (χ0v) is 10.0. The first-order chi connectivity index (χ1) is 7.61. The van der Waals surface area contributed by atoms with E-state index in [0.29, 0.717) is 11.6 Å². The fraction of sp³-hybridized carbons (Fsp3) is 0.250. The second-order valence-electron chi connectivity index (χ2n) is 3.21. The molecule has 0 saturated heterocycles. The molecule has 0 spiro atoms. The van der Waals surface area contributed by atoms with Crippen molar-refractivity contribution in [1.82, 2.24) is 0 Å². The smallest absolute Gasteiger partial charge is 0.332 e. The van der Waals surface area contributed by atoms with E-state index in [1.54, 1.807) is 26.0 Å². The van der Waals surface area contributed by atoms with Gasteiger partial charge >= 0.3 is 5.97 Å². The zero-order valence-electron chi connectivity index (χ0n) is 9.29. The van der Waals surface area contributed by atoms with E-state index in [0.717, 1.165) is 11.4 Å². The second kappa shape index (κ2) is 6.18. The Balaban J connectivity index is 2.60. The molecule has 4 heteroatoms. The van der Waals surface area contributed by atoms with Crippen LogP contribution in [0, 0.1) is 0 Å². The standard InChI is InChI=1S/C12H14ClNO2/c1-3-16-12(15)8-9(2)14-11-6-4-10(13)5-7-11/h4-8,14H,3H2,1-2H3. The molecule has 0 aliphatic carbocycles. The molecule has 16 heavy (non-hydrogen) atoms. The monoisotopic (exact) mass is 239 g/mol. The number of hydrogen-bond donors (Lipinski definition) is 1. The van der Waals surface area contributed by atoms with E-state index in [-0.39, 0.29) is 5.97 Å². The molecular weight excluding hydrogens is 226 g/mol. The number of benzene rings is 1. The summed E-state index contributed by atoms with van der Waals surface area (Å²) in [5.41, 5.74) is 1.60. The van der Waals surface area contributed by atoms with E-state index >= 15 is 0 Å². The molecule has 1 rings (SSSR count). The maximum Gasteiger partial charge on any atom is 0.332 e. The van der Waals surface area contributed by atoms with Gasteiger partial charge in [-0.05, 0) is 38.1 Å². The number of hydrogen-bond acceptors (Lipinski definition) is 3. The topological polar surface area (TPSA) is 38.3 Å². The second-order valence-corrected chi connectivity index (χ2v) is 3.65. The molecule has 0 aromatic heterocycles. The third-order valence-electron chi connectivity index (χ3n) is 1.81. The van der Waals surface area contributed by atoms with Gasteiger partial charge in [0.2, 0.25) is 0 Å². The number of anilines is 1. The highest BCUT2D eigenvalue weighted by molar-refractivity contribution is 6.30. The highest BCUT2D eigenvalue weighted by Gasteiger charge is 1.98. The van der Waals surface area contributed by atoms with E-state index in [9.17, 15) is 4.79 Å². The Bertz CT molecular complexity index is 385. The number of carbonyl (C=O) groups excluding carboxylic acids is 1. The van der Waals surface area contributed by atoms with Crippen LogP contribution in [0.2, 0.25) is 5.02 Å². The van der Waals surface area contributed by atoms with Crippen molar-refractivity contribution in [2.75, 3.05) is 11.9 Å². The summed E-state index contributed by atoms with van der Waals surface area (Å²) in [7, 11) is 0. The minimum atomic E-state index is -0.346. The van der Waals surface area contributed by atoms with Crippen molar-refractivity contribution in [2.24, 2.45) is 0 Å². The van der Waals surface area contributed by atoms with Crippen LogP contribution < -0.4 is 5.32 Å². The van der Waals surface area contributed by atoms with Crippen LogP contribution in [0.1, 0.15) is 13.8 Å². The Kier molecular flexibility index (Phi) is 4.86. The number of nitrogens with one attached hydrogen (secondary N) is 1. The normalized spacial score (nSPS) is 11.1. The molecule has 0 fully saturated rings. The van der Waals surface area contributed by atoms with Gasteiger partial charge in [-0.15, -0.1) is 0 Å². The Labute approximate surface area is 100 Å². The van der Waals surface area contributed by atoms with Crippen LogP contribution in [0.25, 0.3) is 0 Å². The molecule has 1 aromatic carbocycles. The highest BCUT2D eigenvalue weighted by Crippen LogP contribution is 2.14. The van der Waals surface area contributed by atoms with E-state index in [4.69, 9.17) is 16.3 Å². The summed E-state index contributed by atoms with van der Waals surface area (Å²) >= 11 is 5.76. The summed E-state index contributed by atoms with van der Waals surface area (Å²) in [5.74, 6) is -0.346. The highest BCUT2D eigenvalue weighted by atomic mass is 35.5. The lowest BCUT2D eigenvalue weighted by molar-refractivity contribution is -0.137. The van der Waals surface area contributed by atoms with Gasteiger partial charge < -0.3 is 10.1 Å². The molecule has 0 amide bonds. The molecule has 1 N–H and O–H groups in total. The van der Waals surface area contributed by atoms with Crippen molar-refractivity contribution in [2.45, 2.75) is 13.8 Å². The van der Waals surface area contributed by atoms with Gasteiger partial charge in [0.25, 0.3) is 0 Å². The molecule has 0 aliphatic rings. The van der Waals surface area contributed by atoms with Crippen LogP contribution in [-0.4, -0.2) is 12.6 Å². The van der Waals surface area contributed by atoms with Crippen molar-refractivity contribution in [3.63, 3.8) is 0 Å². The van der Waals surface area contributed by atoms with E-state index in [2.05, 4.69) is 5.32 Å². The number of esters is 1. The van der Waals surface area contributed by atoms with Crippen molar-refractivity contribution < 1.29 is 9.53 Å². The molecule has 86 valence electrons. The molecule has 0 unspecified atom stereocenters. The number of ether oxygens (including phenoxy) is 1. The molecule has 0 heterocycles. The first kappa shape index (κ1) is 12.6. The van der Waals surface area contributed by atoms with Crippen molar-refractivity contribution >= 4 is 23.3 Å². The summed E-state index contributed by atoms with van der Waals surface area (Å²) in [4.78, 5) is 11.1. The summed E-state index contributed by atoms with van der Waals surface area (Å²) in [6, 6.07) is 7.23. The molecule has 1 aromatic rings. The van der Waals surface area contributed by atoms with E-state index in [1.807, 2.05) is 12.1 Å². The maximum absolute atomic E-state index is 11.1. The van der Waals surface area contributed by atoms with Crippen LogP contribution in [0.15, 0.2) is 36.0 Å². The average Bonchev–Trinajstić information content (AvgIpc) is 2.21. The average molecular weight is 240 g/mol. The molecular formula is C12H14ClNO2. The molecule has 0 atom stereocenters. The van der Waals surface area contributed by atoms with Crippen molar-refractivity contribution in [3.05, 3.63) is 41.1 Å². The Hall–Kier alpha value is -1.48. The van der Waals surface area contributed by atoms with Crippen LogP contribution in [0.4, 0.5) is 5.69 Å². The lowest BCUT2D eigenvalue weighted by Gasteiger charge is -2.06. The third-order valence-corrected chi connectivity index (χ3v) is 2.06. The summed E-state index contributed by atoms with van der Waals surface area (Å²) in [6.07, 6.45) is 1.41. The van der Waals surface area contributed by atoms with Gasteiger partial charge in [-0.2, -0.15) is 0 Å². The summed E-state index contributed by atoms with van der Waals surface area (Å²) in [5, 5.41) is 3.74. The molecule has 0 aliphatic heterocycles. The largest absolute Gasteiger partial charge is 0.463 e. The van der Waals surface area contributed by atoms with Crippen molar-refractivity contribution in [1.29, 1.82) is 0 Å². The Morgan fingerprint density at radius 1 is 1.44 bits per heavy atom. The molecule has 0 radical (unpaired) electrons. The van der Waals surface area contributed by atoms with Gasteiger partial charge in [-0.3, -0.25) is 0 Å². The summed E-state index contributed by atoms with van der Waals surface area (Å²) < 4.78 is 4.79. The number of carbonyl (C=O) groups is 1. The Morgan fingerprint density at radius 2 is 2.06 bits per heavy atom. The number of halogens is 1. The third kappa shape index (κ3) is 4.36. The summed E-state index contributed by atoms with van der Waals surface area (Å²) in [6.45, 7) is 3.95. The first-order valence-corrected chi connectivity index (χ1v) is 5.37. The van der Waals surface area contributed by atoms with Gasteiger partial charge in [-0.25, -0.2) is 4.79 Å². The number of allylic oxidation sites excluding steroid dienone is 1. The quantitative estimate of drug-likeness (QED) is 0.648. The van der Waals surface area contributed by atoms with E-state index < -0.39 is 0 Å². The first-order valence-electron chi connectivity index (χ1n) is 4.99. The van der Waals surface area contributed by atoms with Crippen LogP contribution in [0.5, 0.6) is 0 Å². The molecule has 3 nitrogen and oxygen atoms in total.